The number of rotatable bonds is 10. The summed E-state index contributed by atoms with van der Waals surface area (Å²) in [6.07, 6.45) is -0.0635. The summed E-state index contributed by atoms with van der Waals surface area (Å²) in [4.78, 5) is 39.4. The maximum absolute atomic E-state index is 13.5. The number of hydrogen-bond donors (Lipinski definition) is 4. The Balaban J connectivity index is 2.18. The number of piperidine rings is 1. The number of carboxylic acids is 1. The van der Waals surface area contributed by atoms with Crippen LogP contribution >= 0.6 is 0 Å². The number of nitrogens with zero attached hydrogens (tertiary/aromatic N) is 1. The number of benzene rings is 1. The lowest BCUT2D eigenvalue weighted by Crippen LogP contribution is -2.58. The molecule has 194 valence electrons. The monoisotopic (exact) mass is 492 g/mol. The van der Waals surface area contributed by atoms with Gasteiger partial charge >= 0.3 is 19.2 Å². The molecule has 0 aliphatic carbocycles. The van der Waals surface area contributed by atoms with E-state index in [1.807, 2.05) is 30.3 Å². The summed E-state index contributed by atoms with van der Waals surface area (Å²) in [5.41, 5.74) is -1.08. The van der Waals surface area contributed by atoms with Crippen molar-refractivity contribution in [1.82, 2.24) is 10.2 Å². The molecular weight excluding hydrogens is 455 g/mol. The van der Waals surface area contributed by atoms with Crippen LogP contribution < -0.4 is 5.32 Å². The number of hydrogen-bond acceptors (Lipinski definition) is 7. The zero-order valence-corrected chi connectivity index (χ0v) is 20.9. The third-order valence-electron chi connectivity index (χ3n) is 5.80. The molecule has 2 amide bonds. The van der Waals surface area contributed by atoms with E-state index in [4.69, 9.17) is 9.47 Å². The first-order valence-corrected chi connectivity index (χ1v) is 11.8. The molecule has 0 saturated carbocycles. The van der Waals surface area contributed by atoms with Gasteiger partial charge in [-0.25, -0.2) is 4.79 Å². The van der Waals surface area contributed by atoms with Crippen LogP contribution in [0.25, 0.3) is 0 Å². The van der Waals surface area contributed by atoms with Crippen molar-refractivity contribution in [1.29, 1.82) is 0 Å². The van der Waals surface area contributed by atoms with Gasteiger partial charge in [0.25, 0.3) is 0 Å². The Morgan fingerprint density at radius 3 is 2.46 bits per heavy atom. The van der Waals surface area contributed by atoms with Crippen LogP contribution in [0.2, 0.25) is 6.32 Å². The van der Waals surface area contributed by atoms with Crippen molar-refractivity contribution in [2.75, 3.05) is 19.7 Å². The number of ether oxygens (including phenoxy) is 2. The van der Waals surface area contributed by atoms with E-state index >= 15 is 0 Å². The minimum atomic E-state index is -1.51. The number of amides is 2. The number of likely N-dealkylation sites (tertiary alicyclic amines) is 1. The lowest BCUT2D eigenvalue weighted by Gasteiger charge is -2.43. The summed E-state index contributed by atoms with van der Waals surface area (Å²) in [6, 6.07) is 8.27. The molecule has 1 unspecified atom stereocenters. The second kappa shape index (κ2) is 12.4. The molecule has 1 saturated heterocycles. The molecular formula is C24H37BN2O8. The Morgan fingerprint density at radius 1 is 1.23 bits per heavy atom. The maximum Gasteiger partial charge on any atom is 0.451 e. The number of carbonyl (C=O) groups is 3. The van der Waals surface area contributed by atoms with Gasteiger partial charge in [-0.2, -0.15) is 0 Å². The molecule has 11 heteroatoms. The summed E-state index contributed by atoms with van der Waals surface area (Å²) >= 11 is 0. The fraction of sp³-hybridized carbons (Fsp3) is 0.625. The topological polar surface area (TPSA) is 146 Å². The van der Waals surface area contributed by atoms with Gasteiger partial charge in [-0.1, -0.05) is 36.8 Å². The molecule has 0 spiro atoms. The zero-order chi connectivity index (χ0) is 26.2. The van der Waals surface area contributed by atoms with Crippen LogP contribution in [-0.2, 0) is 25.7 Å². The SMILES string of the molecule is CC(C)(C)OC(=O)NC(COCc1ccccc1)C(=O)N1C[C@@H](CCB(O)O)C[C@](C)(C(=O)O)C1. The lowest BCUT2D eigenvalue weighted by molar-refractivity contribution is -0.156. The molecule has 1 aromatic rings. The van der Waals surface area contributed by atoms with Crippen molar-refractivity contribution in [2.24, 2.45) is 11.3 Å². The van der Waals surface area contributed by atoms with E-state index in [1.165, 1.54) is 4.90 Å². The lowest BCUT2D eigenvalue weighted by atomic mass is 9.72. The highest BCUT2D eigenvalue weighted by Crippen LogP contribution is 2.35. The molecule has 10 nitrogen and oxygen atoms in total. The molecule has 0 bridgehead atoms. The largest absolute Gasteiger partial charge is 0.481 e. The van der Waals surface area contributed by atoms with E-state index < -0.39 is 42.1 Å². The Labute approximate surface area is 206 Å². The first-order chi connectivity index (χ1) is 16.3. The normalized spacial score (nSPS) is 21.2. The Hall–Kier alpha value is -2.63. The molecule has 0 aromatic heterocycles. The van der Waals surface area contributed by atoms with Crippen molar-refractivity contribution in [2.45, 2.75) is 65.1 Å². The summed E-state index contributed by atoms with van der Waals surface area (Å²) < 4.78 is 11.0. The van der Waals surface area contributed by atoms with Gasteiger partial charge in [0, 0.05) is 13.1 Å². The predicted octanol–water partition coefficient (Wildman–Crippen LogP) is 1.90. The van der Waals surface area contributed by atoms with E-state index in [9.17, 15) is 29.5 Å². The van der Waals surface area contributed by atoms with Crippen LogP contribution in [0.1, 0.15) is 46.1 Å². The van der Waals surface area contributed by atoms with Crippen molar-refractivity contribution in [3.8, 4) is 0 Å². The number of carboxylic acid groups (broad SMARTS) is 1. The quantitative estimate of drug-likeness (QED) is 0.363. The average molecular weight is 492 g/mol. The van der Waals surface area contributed by atoms with E-state index in [0.29, 0.717) is 12.8 Å². The third-order valence-corrected chi connectivity index (χ3v) is 5.80. The van der Waals surface area contributed by atoms with Gasteiger partial charge in [0.1, 0.15) is 11.6 Å². The van der Waals surface area contributed by atoms with Crippen LogP contribution in [0.3, 0.4) is 0 Å². The minimum absolute atomic E-state index is 0.0372. The van der Waals surface area contributed by atoms with Crippen molar-refractivity contribution >= 4 is 25.1 Å². The highest BCUT2D eigenvalue weighted by atomic mass is 16.6. The number of aliphatic carboxylic acids is 1. The molecule has 0 radical (unpaired) electrons. The van der Waals surface area contributed by atoms with Gasteiger partial charge in [-0.3, -0.25) is 9.59 Å². The molecule has 1 aliphatic rings. The molecule has 1 aromatic carbocycles. The second-order valence-corrected chi connectivity index (χ2v) is 10.4. The van der Waals surface area contributed by atoms with Crippen molar-refractivity contribution in [3.05, 3.63) is 35.9 Å². The van der Waals surface area contributed by atoms with Crippen LogP contribution in [0.15, 0.2) is 30.3 Å². The molecule has 2 rings (SSSR count). The van der Waals surface area contributed by atoms with E-state index in [0.717, 1.165) is 5.56 Å². The highest BCUT2D eigenvalue weighted by Gasteiger charge is 2.44. The van der Waals surface area contributed by atoms with Crippen molar-refractivity contribution in [3.63, 3.8) is 0 Å². The van der Waals surface area contributed by atoms with Crippen LogP contribution in [0, 0.1) is 11.3 Å². The number of carbonyl (C=O) groups excluding carboxylic acids is 2. The molecule has 4 N–H and O–H groups in total. The zero-order valence-electron chi connectivity index (χ0n) is 20.9. The smallest absolute Gasteiger partial charge is 0.451 e. The van der Waals surface area contributed by atoms with Crippen LogP contribution in [0.5, 0.6) is 0 Å². The molecule has 3 atom stereocenters. The second-order valence-electron chi connectivity index (χ2n) is 10.4. The number of nitrogens with one attached hydrogen (secondary N) is 1. The summed E-state index contributed by atoms with van der Waals surface area (Å²) in [7, 11) is -1.51. The molecule has 1 heterocycles. The first kappa shape index (κ1) is 28.6. The highest BCUT2D eigenvalue weighted by molar-refractivity contribution is 6.40. The average Bonchev–Trinajstić information content (AvgIpc) is 2.75. The standard InChI is InChI=1S/C24H37BN2O8/c1-23(2,3)35-22(31)26-19(15-34-14-17-8-6-5-7-9-17)20(28)27-13-18(10-11-25(32)33)12-24(4,16-27)21(29)30/h5-9,18-19,32-33H,10-16H2,1-4H3,(H,26,31)(H,29,30)/t18-,19?,24-/m0/s1. The van der Waals surface area contributed by atoms with Gasteiger partial charge in [0.2, 0.25) is 5.91 Å². The Bertz CT molecular complexity index is 861. The fourth-order valence-corrected chi connectivity index (χ4v) is 4.18. The molecule has 1 fully saturated rings. The predicted molar refractivity (Wildman–Crippen MR) is 129 cm³/mol. The first-order valence-electron chi connectivity index (χ1n) is 11.8. The third kappa shape index (κ3) is 9.50. The van der Waals surface area contributed by atoms with E-state index in [1.54, 1.807) is 27.7 Å². The summed E-state index contributed by atoms with van der Waals surface area (Å²) in [5, 5.41) is 30.9. The van der Waals surface area contributed by atoms with Gasteiger partial charge in [-0.05, 0) is 51.9 Å². The summed E-state index contributed by atoms with van der Waals surface area (Å²) in [5.74, 6) is -1.77. The fourth-order valence-electron chi connectivity index (χ4n) is 4.18. The van der Waals surface area contributed by atoms with E-state index in [-0.39, 0.29) is 38.5 Å². The van der Waals surface area contributed by atoms with Gasteiger partial charge in [-0.15, -0.1) is 0 Å². The Morgan fingerprint density at radius 2 is 1.89 bits per heavy atom. The maximum atomic E-state index is 13.5. The number of alkyl carbamates (subject to hydrolysis) is 1. The van der Waals surface area contributed by atoms with Crippen LogP contribution in [0.4, 0.5) is 4.79 Å². The van der Waals surface area contributed by atoms with Gasteiger partial charge in [0.05, 0.1) is 18.6 Å². The summed E-state index contributed by atoms with van der Waals surface area (Å²) in [6.45, 7) is 6.98. The van der Waals surface area contributed by atoms with Crippen molar-refractivity contribution < 1.29 is 39.0 Å². The van der Waals surface area contributed by atoms with E-state index in [2.05, 4.69) is 5.32 Å². The minimum Gasteiger partial charge on any atom is -0.481 e. The van der Waals surface area contributed by atoms with Crippen LogP contribution in [-0.4, -0.2) is 76.5 Å². The molecule has 35 heavy (non-hydrogen) atoms. The molecule has 1 aliphatic heterocycles. The Kier molecular flexibility index (Phi) is 10.1. The van der Waals surface area contributed by atoms with Gasteiger partial charge < -0.3 is 34.8 Å². The van der Waals surface area contributed by atoms with Gasteiger partial charge in [0.15, 0.2) is 0 Å².